The van der Waals surface area contributed by atoms with E-state index in [2.05, 4.69) is 103 Å². The third-order valence-corrected chi connectivity index (χ3v) is 6.23. The van der Waals surface area contributed by atoms with Gasteiger partial charge in [0.2, 0.25) is 0 Å². The lowest BCUT2D eigenvalue weighted by atomic mass is 9.74. The van der Waals surface area contributed by atoms with E-state index < -0.39 is 5.41 Å². The van der Waals surface area contributed by atoms with Crippen molar-refractivity contribution in [2.45, 2.75) is 31.7 Å². The Morgan fingerprint density at radius 1 is 0.935 bits per heavy atom. The molecule has 1 aliphatic heterocycles. The number of hydrogen-bond donors (Lipinski definition) is 0. The van der Waals surface area contributed by atoms with E-state index in [4.69, 9.17) is 0 Å². The third kappa shape index (κ3) is 4.61. The van der Waals surface area contributed by atoms with E-state index in [1.165, 1.54) is 16.8 Å². The number of rotatable bonds is 6. The average molecular weight is 432 g/mol. The van der Waals surface area contributed by atoms with Crippen LogP contribution in [0.2, 0.25) is 0 Å². The third-order valence-electron chi connectivity index (χ3n) is 6.23. The molecule has 3 aromatic rings. The summed E-state index contributed by atoms with van der Waals surface area (Å²) in [5.74, 6) is 0. The first kappa shape index (κ1) is 22.9. The molecule has 0 aliphatic carbocycles. The van der Waals surface area contributed by atoms with E-state index in [1.54, 1.807) is 0 Å². The summed E-state index contributed by atoms with van der Waals surface area (Å²) >= 11 is 0. The molecule has 0 bridgehead atoms. The zero-order valence-electron chi connectivity index (χ0n) is 18.3. The van der Waals surface area contributed by atoms with Crippen molar-refractivity contribution in [2.75, 3.05) is 25.0 Å². The van der Waals surface area contributed by atoms with E-state index >= 15 is 0 Å². The predicted molar refractivity (Wildman–Crippen MR) is 131 cm³/mol. The molecule has 0 radical (unpaired) electrons. The van der Waals surface area contributed by atoms with Crippen molar-refractivity contribution in [2.24, 2.45) is 0 Å². The van der Waals surface area contributed by atoms with Crippen LogP contribution in [0.1, 0.15) is 30.0 Å². The molecule has 31 heavy (non-hydrogen) atoms. The van der Waals surface area contributed by atoms with Gasteiger partial charge in [0.25, 0.3) is 0 Å². The van der Waals surface area contributed by atoms with Crippen LogP contribution in [0.5, 0.6) is 0 Å². The van der Waals surface area contributed by atoms with Crippen molar-refractivity contribution in [1.82, 2.24) is 4.90 Å². The van der Waals surface area contributed by atoms with Crippen molar-refractivity contribution in [3.05, 3.63) is 95.6 Å². The van der Waals surface area contributed by atoms with E-state index in [-0.39, 0.29) is 12.4 Å². The number of fused-ring (bicyclic) bond motifs is 2. The molecular formula is C27H30ClN3. The molecule has 1 atom stereocenters. The van der Waals surface area contributed by atoms with Gasteiger partial charge in [0.05, 0.1) is 11.5 Å². The molecule has 1 heterocycles. The Balaban J connectivity index is 0.00000272. The smallest absolute Gasteiger partial charge is 0.0895 e. The lowest BCUT2D eigenvalue weighted by Crippen LogP contribution is -2.32. The first-order valence-corrected chi connectivity index (χ1v) is 10.8. The number of nitriles is 1. The Hall–Kier alpha value is -2.80. The van der Waals surface area contributed by atoms with Crippen LogP contribution in [0.3, 0.4) is 0 Å². The van der Waals surface area contributed by atoms with E-state index in [0.717, 1.165) is 43.7 Å². The normalized spacial score (nSPS) is 17.2. The summed E-state index contributed by atoms with van der Waals surface area (Å²) in [4.78, 5) is 4.68. The Kier molecular flexibility index (Phi) is 7.38. The van der Waals surface area contributed by atoms with Crippen LogP contribution >= 0.6 is 12.4 Å². The van der Waals surface area contributed by atoms with Crippen LogP contribution in [0.15, 0.2) is 78.9 Å². The Morgan fingerprint density at radius 2 is 1.58 bits per heavy atom. The van der Waals surface area contributed by atoms with Gasteiger partial charge in [-0.3, -0.25) is 0 Å². The van der Waals surface area contributed by atoms with Crippen molar-refractivity contribution in [3.8, 4) is 6.07 Å². The summed E-state index contributed by atoms with van der Waals surface area (Å²) in [6, 6.07) is 30.3. The van der Waals surface area contributed by atoms with Crippen molar-refractivity contribution in [3.63, 3.8) is 0 Å². The maximum Gasteiger partial charge on any atom is 0.0895 e. The van der Waals surface area contributed by atoms with Gasteiger partial charge in [-0.2, -0.15) is 5.26 Å². The second-order valence-corrected chi connectivity index (χ2v) is 8.23. The summed E-state index contributed by atoms with van der Waals surface area (Å²) in [6.45, 7) is 4.82. The topological polar surface area (TPSA) is 30.3 Å². The van der Waals surface area contributed by atoms with Gasteiger partial charge in [0, 0.05) is 31.0 Å². The molecule has 0 amide bonds. The minimum absolute atomic E-state index is 0. The summed E-state index contributed by atoms with van der Waals surface area (Å²) < 4.78 is 0. The van der Waals surface area contributed by atoms with Gasteiger partial charge in [-0.1, -0.05) is 66.7 Å². The maximum atomic E-state index is 10.5. The highest BCUT2D eigenvalue weighted by Gasteiger charge is 2.39. The molecule has 1 unspecified atom stereocenters. The molecule has 0 saturated carbocycles. The predicted octanol–water partition coefficient (Wildman–Crippen LogP) is 6.11. The number of anilines is 2. The fourth-order valence-corrected chi connectivity index (χ4v) is 4.66. The Labute approximate surface area is 192 Å². The number of hydrogen-bond acceptors (Lipinski definition) is 3. The van der Waals surface area contributed by atoms with Gasteiger partial charge >= 0.3 is 0 Å². The molecule has 160 valence electrons. The molecule has 1 aliphatic rings. The fraction of sp³-hybridized carbons (Fsp3) is 0.296. The molecule has 0 spiro atoms. The Morgan fingerprint density at radius 3 is 2.29 bits per heavy atom. The van der Waals surface area contributed by atoms with Gasteiger partial charge in [0.1, 0.15) is 0 Å². The molecule has 3 nitrogen and oxygen atoms in total. The van der Waals surface area contributed by atoms with Crippen LogP contribution in [0.4, 0.5) is 11.4 Å². The fourth-order valence-electron chi connectivity index (χ4n) is 4.66. The summed E-state index contributed by atoms with van der Waals surface area (Å²) in [6.07, 6.45) is 1.54. The molecule has 4 heteroatoms. The number of para-hydroxylation sites is 2. The second kappa shape index (κ2) is 10.0. The maximum absolute atomic E-state index is 10.5. The van der Waals surface area contributed by atoms with Crippen molar-refractivity contribution >= 4 is 23.8 Å². The first-order chi connectivity index (χ1) is 14.7. The largest absolute Gasteiger partial charge is 0.341 e. The van der Waals surface area contributed by atoms with Gasteiger partial charge < -0.3 is 9.80 Å². The molecule has 4 rings (SSSR count). The number of benzene rings is 3. The van der Waals surface area contributed by atoms with Gasteiger partial charge in [-0.25, -0.2) is 0 Å². The van der Waals surface area contributed by atoms with Gasteiger partial charge in [-0.05, 0) is 55.6 Å². The summed E-state index contributed by atoms with van der Waals surface area (Å²) in [7, 11) is 2.15. The average Bonchev–Trinajstić information content (AvgIpc) is 2.91. The lowest BCUT2D eigenvalue weighted by Gasteiger charge is -2.31. The van der Waals surface area contributed by atoms with Crippen LogP contribution < -0.4 is 4.90 Å². The SMILES string of the molecule is CCN1c2ccccc2CC(C#N)(CCN(C)Cc2ccccc2)c2ccccc21.Cl. The molecule has 0 fully saturated rings. The zero-order chi connectivity index (χ0) is 21.0. The minimum atomic E-state index is -0.540. The number of nitrogens with zero attached hydrogens (tertiary/aromatic N) is 3. The summed E-state index contributed by atoms with van der Waals surface area (Å²) in [5, 5.41) is 10.5. The van der Waals surface area contributed by atoms with Gasteiger partial charge in [-0.15, -0.1) is 12.4 Å². The summed E-state index contributed by atoms with van der Waals surface area (Å²) in [5.41, 5.74) is 5.55. The molecule has 3 aromatic carbocycles. The van der Waals surface area contributed by atoms with E-state index in [1.807, 2.05) is 6.07 Å². The van der Waals surface area contributed by atoms with Crippen molar-refractivity contribution < 1.29 is 0 Å². The number of halogens is 1. The second-order valence-electron chi connectivity index (χ2n) is 8.23. The van der Waals surface area contributed by atoms with Gasteiger partial charge in [0.15, 0.2) is 0 Å². The monoisotopic (exact) mass is 431 g/mol. The first-order valence-electron chi connectivity index (χ1n) is 10.8. The van der Waals surface area contributed by atoms with Crippen LogP contribution in [-0.4, -0.2) is 25.0 Å². The molecule has 0 aromatic heterocycles. The highest BCUT2D eigenvalue weighted by molar-refractivity contribution is 5.85. The van der Waals surface area contributed by atoms with Crippen molar-refractivity contribution in [1.29, 1.82) is 5.26 Å². The Bertz CT molecular complexity index is 1040. The van der Waals surface area contributed by atoms with E-state index in [9.17, 15) is 5.26 Å². The lowest BCUT2D eigenvalue weighted by molar-refractivity contribution is 0.293. The minimum Gasteiger partial charge on any atom is -0.341 e. The van der Waals surface area contributed by atoms with E-state index in [0.29, 0.717) is 0 Å². The highest BCUT2D eigenvalue weighted by Crippen LogP contribution is 2.45. The highest BCUT2D eigenvalue weighted by atomic mass is 35.5. The molecule has 0 N–H and O–H groups in total. The van der Waals surface area contributed by atoms with Crippen LogP contribution in [-0.2, 0) is 18.4 Å². The van der Waals surface area contributed by atoms with Crippen LogP contribution in [0.25, 0.3) is 0 Å². The zero-order valence-corrected chi connectivity index (χ0v) is 19.1. The quantitative estimate of drug-likeness (QED) is 0.472. The molecular weight excluding hydrogens is 402 g/mol. The van der Waals surface area contributed by atoms with Crippen LogP contribution in [0, 0.1) is 11.3 Å². The molecule has 0 saturated heterocycles. The standard InChI is InChI=1S/C27H29N3.ClH/c1-3-30-25-15-9-7-13-23(25)19-27(21-28,24-14-8-10-16-26(24)30)17-18-29(2)20-22-11-5-4-6-12-22;/h4-16H,3,17-20H2,1-2H3;1H.